The minimum atomic E-state index is 0.348. The SMILES string of the molecule is Cc1noc(C2CN(Cc3cccc(C#N)c3)C2)n1. The lowest BCUT2D eigenvalue weighted by Gasteiger charge is -2.37. The highest BCUT2D eigenvalue weighted by Crippen LogP contribution is 2.27. The Morgan fingerprint density at radius 1 is 1.47 bits per heavy atom. The van der Waals surface area contributed by atoms with E-state index in [0.717, 1.165) is 25.5 Å². The van der Waals surface area contributed by atoms with Gasteiger partial charge < -0.3 is 4.52 Å². The van der Waals surface area contributed by atoms with E-state index in [0.29, 0.717) is 17.3 Å². The normalized spacial score (nSPS) is 16.0. The smallest absolute Gasteiger partial charge is 0.232 e. The van der Waals surface area contributed by atoms with Crippen LogP contribution in [0.3, 0.4) is 0 Å². The number of likely N-dealkylation sites (tertiary alicyclic amines) is 1. The van der Waals surface area contributed by atoms with Crippen LogP contribution in [0.1, 0.15) is 28.8 Å². The van der Waals surface area contributed by atoms with E-state index in [-0.39, 0.29) is 0 Å². The quantitative estimate of drug-likeness (QED) is 0.836. The second kappa shape index (κ2) is 4.82. The third-order valence-corrected chi connectivity index (χ3v) is 3.31. The summed E-state index contributed by atoms with van der Waals surface area (Å²) in [7, 11) is 0. The lowest BCUT2D eigenvalue weighted by Crippen LogP contribution is -2.44. The zero-order valence-electron chi connectivity index (χ0n) is 10.7. The molecule has 2 heterocycles. The molecule has 1 aromatic heterocycles. The molecular weight excluding hydrogens is 240 g/mol. The second-order valence-electron chi connectivity index (χ2n) is 4.88. The molecular formula is C14H14N4O. The Morgan fingerprint density at radius 3 is 3.00 bits per heavy atom. The van der Waals surface area contributed by atoms with Crippen molar-refractivity contribution >= 4 is 0 Å². The van der Waals surface area contributed by atoms with Crippen molar-refractivity contribution in [3.8, 4) is 6.07 Å². The maximum absolute atomic E-state index is 8.87. The zero-order valence-corrected chi connectivity index (χ0v) is 10.7. The predicted molar refractivity (Wildman–Crippen MR) is 68.2 cm³/mol. The number of aromatic nitrogens is 2. The molecule has 1 aromatic carbocycles. The fraction of sp³-hybridized carbons (Fsp3) is 0.357. The number of hydrogen-bond acceptors (Lipinski definition) is 5. The Kier molecular flexibility index (Phi) is 3.02. The van der Waals surface area contributed by atoms with Crippen LogP contribution in [-0.4, -0.2) is 28.1 Å². The maximum Gasteiger partial charge on any atom is 0.232 e. The molecule has 0 bridgehead atoms. The van der Waals surface area contributed by atoms with Gasteiger partial charge in [-0.2, -0.15) is 10.2 Å². The van der Waals surface area contributed by atoms with Gasteiger partial charge in [0.15, 0.2) is 5.82 Å². The summed E-state index contributed by atoms with van der Waals surface area (Å²) in [6.45, 7) is 4.55. The Balaban J connectivity index is 1.58. The van der Waals surface area contributed by atoms with Gasteiger partial charge in [-0.25, -0.2) is 0 Å². The van der Waals surface area contributed by atoms with E-state index in [4.69, 9.17) is 9.78 Å². The molecule has 0 atom stereocenters. The summed E-state index contributed by atoms with van der Waals surface area (Å²) < 4.78 is 5.17. The molecule has 0 aliphatic carbocycles. The number of nitrogens with zero attached hydrogens (tertiary/aromatic N) is 4. The molecule has 1 aliphatic heterocycles. The summed E-state index contributed by atoms with van der Waals surface area (Å²) >= 11 is 0. The molecule has 96 valence electrons. The summed E-state index contributed by atoms with van der Waals surface area (Å²) in [5.41, 5.74) is 1.88. The van der Waals surface area contributed by atoms with E-state index in [1.165, 1.54) is 5.56 Å². The van der Waals surface area contributed by atoms with Gasteiger partial charge in [0.1, 0.15) is 0 Å². The van der Waals surface area contributed by atoms with Crippen LogP contribution in [0.5, 0.6) is 0 Å². The number of nitriles is 1. The highest BCUT2D eigenvalue weighted by Gasteiger charge is 2.32. The number of aryl methyl sites for hydroxylation is 1. The molecule has 0 radical (unpaired) electrons. The largest absolute Gasteiger partial charge is 0.339 e. The van der Waals surface area contributed by atoms with Crippen molar-refractivity contribution in [3.63, 3.8) is 0 Å². The van der Waals surface area contributed by atoms with Crippen LogP contribution in [0.25, 0.3) is 0 Å². The van der Waals surface area contributed by atoms with E-state index in [1.54, 1.807) is 0 Å². The van der Waals surface area contributed by atoms with E-state index < -0.39 is 0 Å². The Bertz CT molecular complexity index is 622. The van der Waals surface area contributed by atoms with Gasteiger partial charge in [0.05, 0.1) is 17.6 Å². The number of benzene rings is 1. The fourth-order valence-electron chi connectivity index (χ4n) is 2.33. The van der Waals surface area contributed by atoms with Crippen LogP contribution < -0.4 is 0 Å². The minimum Gasteiger partial charge on any atom is -0.339 e. The van der Waals surface area contributed by atoms with E-state index in [2.05, 4.69) is 21.1 Å². The van der Waals surface area contributed by atoms with Gasteiger partial charge in [-0.05, 0) is 24.6 Å². The standard InChI is InChI=1S/C14H14N4O/c1-10-16-14(19-17-10)13-8-18(9-13)7-12-4-2-3-11(5-12)6-15/h2-5,13H,7-9H2,1H3. The molecule has 1 saturated heterocycles. The van der Waals surface area contributed by atoms with Crippen molar-refractivity contribution in [3.05, 3.63) is 47.1 Å². The molecule has 19 heavy (non-hydrogen) atoms. The molecule has 0 amide bonds. The van der Waals surface area contributed by atoms with Crippen molar-refractivity contribution in [1.29, 1.82) is 5.26 Å². The van der Waals surface area contributed by atoms with Gasteiger partial charge >= 0.3 is 0 Å². The van der Waals surface area contributed by atoms with E-state index in [9.17, 15) is 0 Å². The van der Waals surface area contributed by atoms with Gasteiger partial charge in [-0.15, -0.1) is 0 Å². The van der Waals surface area contributed by atoms with Crippen LogP contribution >= 0.6 is 0 Å². The van der Waals surface area contributed by atoms with Gasteiger partial charge in [0.2, 0.25) is 5.89 Å². The second-order valence-corrected chi connectivity index (χ2v) is 4.88. The van der Waals surface area contributed by atoms with Crippen molar-refractivity contribution in [2.75, 3.05) is 13.1 Å². The summed E-state index contributed by atoms with van der Waals surface area (Å²) in [5.74, 6) is 1.77. The molecule has 2 aromatic rings. The zero-order chi connectivity index (χ0) is 13.2. The molecule has 0 unspecified atom stereocenters. The minimum absolute atomic E-state index is 0.348. The molecule has 0 spiro atoms. The first kappa shape index (κ1) is 11.9. The first-order chi connectivity index (χ1) is 9.24. The fourth-order valence-corrected chi connectivity index (χ4v) is 2.33. The third kappa shape index (κ3) is 2.49. The van der Waals surface area contributed by atoms with Crippen molar-refractivity contribution in [2.24, 2.45) is 0 Å². The predicted octanol–water partition coefficient (Wildman–Crippen LogP) is 1.85. The highest BCUT2D eigenvalue weighted by molar-refractivity contribution is 5.32. The summed E-state index contributed by atoms with van der Waals surface area (Å²) in [6.07, 6.45) is 0. The van der Waals surface area contributed by atoms with E-state index in [1.807, 2.05) is 31.2 Å². The summed E-state index contributed by atoms with van der Waals surface area (Å²) in [5, 5.41) is 12.7. The van der Waals surface area contributed by atoms with Crippen LogP contribution in [0.4, 0.5) is 0 Å². The van der Waals surface area contributed by atoms with E-state index >= 15 is 0 Å². The number of rotatable bonds is 3. The molecule has 5 nitrogen and oxygen atoms in total. The van der Waals surface area contributed by atoms with Crippen LogP contribution in [-0.2, 0) is 6.54 Å². The molecule has 0 saturated carbocycles. The Hall–Kier alpha value is -2.19. The van der Waals surface area contributed by atoms with Gasteiger partial charge in [0, 0.05) is 19.6 Å². The summed E-state index contributed by atoms with van der Waals surface area (Å²) in [6, 6.07) is 9.89. The Labute approximate surface area is 111 Å². The Morgan fingerprint density at radius 2 is 2.32 bits per heavy atom. The lowest BCUT2D eigenvalue weighted by atomic mass is 9.99. The summed E-state index contributed by atoms with van der Waals surface area (Å²) in [4.78, 5) is 6.56. The van der Waals surface area contributed by atoms with Crippen molar-refractivity contribution < 1.29 is 4.52 Å². The van der Waals surface area contributed by atoms with Crippen LogP contribution in [0.2, 0.25) is 0 Å². The average Bonchev–Trinajstić information content (AvgIpc) is 2.80. The van der Waals surface area contributed by atoms with Crippen LogP contribution in [0.15, 0.2) is 28.8 Å². The maximum atomic E-state index is 8.87. The van der Waals surface area contributed by atoms with Gasteiger partial charge in [-0.3, -0.25) is 4.90 Å². The first-order valence-corrected chi connectivity index (χ1v) is 6.26. The number of hydrogen-bond donors (Lipinski definition) is 0. The van der Waals surface area contributed by atoms with Gasteiger partial charge in [-0.1, -0.05) is 17.3 Å². The topological polar surface area (TPSA) is 66.0 Å². The van der Waals surface area contributed by atoms with Crippen molar-refractivity contribution in [1.82, 2.24) is 15.0 Å². The van der Waals surface area contributed by atoms with Crippen LogP contribution in [0, 0.1) is 18.3 Å². The molecule has 1 aliphatic rings. The third-order valence-electron chi connectivity index (χ3n) is 3.31. The first-order valence-electron chi connectivity index (χ1n) is 6.26. The highest BCUT2D eigenvalue weighted by atomic mass is 16.5. The molecule has 0 N–H and O–H groups in total. The lowest BCUT2D eigenvalue weighted by molar-refractivity contribution is 0.117. The average molecular weight is 254 g/mol. The monoisotopic (exact) mass is 254 g/mol. The molecule has 5 heteroatoms. The molecule has 3 rings (SSSR count). The molecule has 1 fully saturated rings. The van der Waals surface area contributed by atoms with Gasteiger partial charge in [0.25, 0.3) is 0 Å². The van der Waals surface area contributed by atoms with Crippen molar-refractivity contribution in [2.45, 2.75) is 19.4 Å².